The molecular formula is C15H17NOS. The van der Waals surface area contributed by atoms with Crippen molar-refractivity contribution in [2.24, 2.45) is 0 Å². The van der Waals surface area contributed by atoms with E-state index in [1.54, 1.807) is 6.26 Å². The number of anilines is 2. The first-order chi connectivity index (χ1) is 8.72. The van der Waals surface area contributed by atoms with Gasteiger partial charge in [0.05, 0.1) is 0 Å². The maximum absolute atomic E-state index is 11.5. The minimum atomic E-state index is -0.941. The molecular weight excluding hydrogens is 242 g/mol. The predicted molar refractivity (Wildman–Crippen MR) is 77.9 cm³/mol. The van der Waals surface area contributed by atoms with E-state index in [0.29, 0.717) is 0 Å². The number of para-hydroxylation sites is 1. The van der Waals surface area contributed by atoms with Crippen molar-refractivity contribution in [3.63, 3.8) is 0 Å². The van der Waals surface area contributed by atoms with Crippen LogP contribution in [0.5, 0.6) is 0 Å². The predicted octanol–water partition coefficient (Wildman–Crippen LogP) is 3.58. The molecule has 0 aliphatic rings. The van der Waals surface area contributed by atoms with Crippen LogP contribution in [0.2, 0.25) is 0 Å². The zero-order chi connectivity index (χ0) is 13.0. The molecule has 0 aliphatic heterocycles. The number of hydrogen-bond donors (Lipinski definition) is 0. The second-order valence-corrected chi connectivity index (χ2v) is 5.41. The molecule has 2 rings (SSSR count). The highest BCUT2D eigenvalue weighted by molar-refractivity contribution is 7.84. The lowest BCUT2D eigenvalue weighted by Crippen LogP contribution is -2.15. The molecule has 18 heavy (non-hydrogen) atoms. The van der Waals surface area contributed by atoms with Gasteiger partial charge in [0.25, 0.3) is 0 Å². The molecule has 2 aromatic carbocycles. The van der Waals surface area contributed by atoms with Crippen molar-refractivity contribution in [3.05, 3.63) is 54.6 Å². The number of rotatable bonds is 4. The first kappa shape index (κ1) is 12.8. The van der Waals surface area contributed by atoms with Crippen LogP contribution in [0.3, 0.4) is 0 Å². The molecule has 0 saturated carbocycles. The smallest absolute Gasteiger partial charge is 0.0498 e. The standard InChI is InChI=1S/C15H17NOS/c1-3-16(13-8-5-4-6-9-13)14-10-7-11-15(12-14)18(2)17/h4-12H,3H2,1-2H3. The summed E-state index contributed by atoms with van der Waals surface area (Å²) in [4.78, 5) is 3.07. The monoisotopic (exact) mass is 259 g/mol. The van der Waals surface area contributed by atoms with Crippen molar-refractivity contribution in [1.29, 1.82) is 0 Å². The lowest BCUT2D eigenvalue weighted by molar-refractivity contribution is 0.687. The Morgan fingerprint density at radius 3 is 2.28 bits per heavy atom. The van der Waals surface area contributed by atoms with Gasteiger partial charge in [-0.05, 0) is 37.3 Å². The third kappa shape index (κ3) is 2.79. The van der Waals surface area contributed by atoms with Crippen molar-refractivity contribution in [3.8, 4) is 0 Å². The summed E-state index contributed by atoms with van der Waals surface area (Å²) in [7, 11) is -0.941. The molecule has 0 radical (unpaired) electrons. The summed E-state index contributed by atoms with van der Waals surface area (Å²) in [5, 5.41) is 0. The van der Waals surface area contributed by atoms with Gasteiger partial charge in [0.15, 0.2) is 0 Å². The van der Waals surface area contributed by atoms with E-state index in [2.05, 4.69) is 24.0 Å². The van der Waals surface area contributed by atoms with Crippen molar-refractivity contribution < 1.29 is 4.21 Å². The first-order valence-electron chi connectivity index (χ1n) is 5.98. The summed E-state index contributed by atoms with van der Waals surface area (Å²) in [6.07, 6.45) is 1.71. The van der Waals surface area contributed by atoms with Gasteiger partial charge < -0.3 is 4.90 Å². The highest BCUT2D eigenvalue weighted by atomic mass is 32.2. The van der Waals surface area contributed by atoms with Crippen LogP contribution in [-0.2, 0) is 10.8 Å². The zero-order valence-corrected chi connectivity index (χ0v) is 11.5. The molecule has 0 aliphatic carbocycles. The van der Waals surface area contributed by atoms with Crippen LogP contribution in [0.1, 0.15) is 6.92 Å². The Morgan fingerprint density at radius 1 is 1.00 bits per heavy atom. The molecule has 1 atom stereocenters. The summed E-state index contributed by atoms with van der Waals surface area (Å²) in [5.41, 5.74) is 2.23. The summed E-state index contributed by atoms with van der Waals surface area (Å²) < 4.78 is 11.5. The Labute approximate surface area is 111 Å². The van der Waals surface area contributed by atoms with E-state index in [9.17, 15) is 4.21 Å². The lowest BCUT2D eigenvalue weighted by atomic mass is 10.2. The Morgan fingerprint density at radius 2 is 1.67 bits per heavy atom. The van der Waals surface area contributed by atoms with Crippen LogP contribution < -0.4 is 4.90 Å². The summed E-state index contributed by atoms with van der Waals surface area (Å²) in [5.74, 6) is 0. The Balaban J connectivity index is 2.39. The van der Waals surface area contributed by atoms with Crippen LogP contribution >= 0.6 is 0 Å². The van der Waals surface area contributed by atoms with Crippen LogP contribution in [0.4, 0.5) is 11.4 Å². The molecule has 1 unspecified atom stereocenters. The van der Waals surface area contributed by atoms with Gasteiger partial charge >= 0.3 is 0 Å². The fraction of sp³-hybridized carbons (Fsp3) is 0.200. The molecule has 0 heterocycles. The molecule has 0 fully saturated rings. The molecule has 3 heteroatoms. The second kappa shape index (κ2) is 5.83. The van der Waals surface area contributed by atoms with Gasteiger partial charge in [-0.1, -0.05) is 24.3 Å². The van der Waals surface area contributed by atoms with Crippen molar-refractivity contribution >= 4 is 22.2 Å². The maximum atomic E-state index is 11.5. The molecule has 0 aromatic heterocycles. The third-order valence-corrected chi connectivity index (χ3v) is 3.76. The summed E-state index contributed by atoms with van der Waals surface area (Å²) in [6.45, 7) is 2.99. The maximum Gasteiger partial charge on any atom is 0.0498 e. The molecule has 0 bridgehead atoms. The minimum absolute atomic E-state index is 0.863. The number of benzene rings is 2. The van der Waals surface area contributed by atoms with Gasteiger partial charge in [-0.2, -0.15) is 0 Å². The Kier molecular flexibility index (Phi) is 4.15. The van der Waals surface area contributed by atoms with Crippen LogP contribution in [0, 0.1) is 0 Å². The first-order valence-corrected chi connectivity index (χ1v) is 7.54. The van der Waals surface area contributed by atoms with E-state index in [-0.39, 0.29) is 0 Å². The molecule has 0 spiro atoms. The highest BCUT2D eigenvalue weighted by Crippen LogP contribution is 2.26. The van der Waals surface area contributed by atoms with Gasteiger partial charge in [0.2, 0.25) is 0 Å². The quantitative estimate of drug-likeness (QED) is 0.836. The molecule has 0 saturated heterocycles. The Hall–Kier alpha value is -1.61. The average molecular weight is 259 g/mol. The fourth-order valence-corrected chi connectivity index (χ4v) is 2.51. The fourth-order valence-electron chi connectivity index (χ4n) is 1.95. The third-order valence-electron chi connectivity index (χ3n) is 2.85. The summed E-state index contributed by atoms with van der Waals surface area (Å²) in [6, 6.07) is 18.1. The highest BCUT2D eigenvalue weighted by Gasteiger charge is 2.08. The topological polar surface area (TPSA) is 20.3 Å². The van der Waals surface area contributed by atoms with E-state index in [0.717, 1.165) is 22.8 Å². The molecule has 0 N–H and O–H groups in total. The van der Waals surface area contributed by atoms with Crippen LogP contribution in [0.25, 0.3) is 0 Å². The van der Waals surface area contributed by atoms with Gasteiger partial charge in [0.1, 0.15) is 0 Å². The van der Waals surface area contributed by atoms with Crippen molar-refractivity contribution in [2.45, 2.75) is 11.8 Å². The van der Waals surface area contributed by atoms with Crippen LogP contribution in [-0.4, -0.2) is 17.0 Å². The Bertz CT molecular complexity index is 539. The van der Waals surface area contributed by atoms with Gasteiger partial charge in [-0.25, -0.2) is 0 Å². The van der Waals surface area contributed by atoms with Gasteiger partial charge in [-0.3, -0.25) is 4.21 Å². The SMILES string of the molecule is CCN(c1ccccc1)c1cccc(S(C)=O)c1. The van der Waals surface area contributed by atoms with E-state index < -0.39 is 10.8 Å². The normalized spacial score (nSPS) is 12.1. The van der Waals surface area contributed by atoms with Crippen molar-refractivity contribution in [1.82, 2.24) is 0 Å². The van der Waals surface area contributed by atoms with Crippen molar-refractivity contribution in [2.75, 3.05) is 17.7 Å². The molecule has 0 amide bonds. The zero-order valence-electron chi connectivity index (χ0n) is 10.7. The van der Waals surface area contributed by atoms with Crippen LogP contribution in [0.15, 0.2) is 59.5 Å². The average Bonchev–Trinajstić information content (AvgIpc) is 2.41. The van der Waals surface area contributed by atoms with E-state index >= 15 is 0 Å². The largest absolute Gasteiger partial charge is 0.342 e. The van der Waals surface area contributed by atoms with Gasteiger partial charge in [0, 0.05) is 39.9 Å². The van der Waals surface area contributed by atoms with E-state index in [4.69, 9.17) is 0 Å². The lowest BCUT2D eigenvalue weighted by Gasteiger charge is -2.23. The second-order valence-electron chi connectivity index (χ2n) is 4.03. The summed E-state index contributed by atoms with van der Waals surface area (Å²) >= 11 is 0. The van der Waals surface area contributed by atoms with E-state index in [1.807, 2.05) is 42.5 Å². The molecule has 2 nitrogen and oxygen atoms in total. The molecule has 94 valence electrons. The minimum Gasteiger partial charge on any atom is -0.342 e. The number of nitrogens with zero attached hydrogens (tertiary/aromatic N) is 1. The van der Waals surface area contributed by atoms with Gasteiger partial charge in [-0.15, -0.1) is 0 Å². The van der Waals surface area contributed by atoms with E-state index in [1.165, 1.54) is 0 Å². The molecule has 2 aromatic rings. The number of hydrogen-bond acceptors (Lipinski definition) is 2.